The molecule has 0 radical (unpaired) electrons. The maximum absolute atomic E-state index is 9.66. The van der Waals surface area contributed by atoms with Crippen LogP contribution in [0.2, 0.25) is 0 Å². The number of hydrogen-bond acceptors (Lipinski definition) is 3. The largest absolute Gasteiger partial charge is 0.457 e. The van der Waals surface area contributed by atoms with Crippen molar-refractivity contribution in [3.8, 4) is 28.4 Å². The van der Waals surface area contributed by atoms with E-state index < -0.39 is 11.8 Å². The van der Waals surface area contributed by atoms with Gasteiger partial charge in [0.1, 0.15) is 24.0 Å². The van der Waals surface area contributed by atoms with Crippen LogP contribution in [0.4, 0.5) is 11.4 Å². The van der Waals surface area contributed by atoms with Crippen LogP contribution in [-0.2, 0) is 29.3 Å². The molecule has 8 aromatic carbocycles. The first kappa shape index (κ1) is 46.6. The summed E-state index contributed by atoms with van der Waals surface area (Å²) < 4.78 is 31.0. The van der Waals surface area contributed by atoms with E-state index in [1.165, 1.54) is 32.7 Å². The molecule has 11 aromatic rings. The summed E-state index contributed by atoms with van der Waals surface area (Å²) in [6.45, 7) is 26.8. The number of aromatic nitrogens is 3. The van der Waals surface area contributed by atoms with Gasteiger partial charge in [0.25, 0.3) is 0 Å². The molecule has 0 N–H and O–H groups in total. The van der Waals surface area contributed by atoms with E-state index in [-0.39, 0.29) is 16.2 Å². The molecule has 0 saturated carbocycles. The lowest BCUT2D eigenvalue weighted by Gasteiger charge is -2.25. The Morgan fingerprint density at radius 1 is 0.474 bits per heavy atom. The van der Waals surface area contributed by atoms with Gasteiger partial charge in [-0.2, -0.15) is 0 Å². The van der Waals surface area contributed by atoms with Crippen LogP contribution in [0.1, 0.15) is 108 Å². The molecule has 76 heavy (non-hydrogen) atoms. The smallest absolute Gasteiger partial charge is 0.137 e. The lowest BCUT2D eigenvalue weighted by molar-refractivity contribution is 0.411. The summed E-state index contributed by atoms with van der Waals surface area (Å²) in [5.74, 6) is 2.34. The van der Waals surface area contributed by atoms with Gasteiger partial charge in [0, 0.05) is 53.9 Å². The highest BCUT2D eigenvalue weighted by atomic mass is 16.5. The average Bonchev–Trinajstić information content (AvgIpc) is 4.14. The van der Waals surface area contributed by atoms with Crippen molar-refractivity contribution in [1.82, 2.24) is 14.1 Å². The van der Waals surface area contributed by atoms with Crippen molar-refractivity contribution in [3.05, 3.63) is 204 Å². The standard InChI is InChI=1S/C71H70N4O/c1-68(2,3)43-45-36-46(38-49(37-45)71(10,11)12)53-25-18-26-59-56-32-30-47(69(4,5)6)39-61(56)55-23-14-13-22-54(55)60-27-19-29-63-67(60)74(66(53)59)44-73(63)50-20-17-21-51(41-50)76-52-31-33-58-57-24-15-16-28-62(57)75(64(58)42-52)65-40-48(34-35-72-65)70(7,8)9/h13-42H,43-44H2,1-12H3/i43D2. The number of hydrogen-bond donors (Lipinski definition) is 0. The third kappa shape index (κ3) is 8.74. The van der Waals surface area contributed by atoms with E-state index in [2.05, 4.69) is 246 Å². The number of rotatable bonds is 6. The molecule has 3 aromatic heterocycles. The topological polar surface area (TPSA) is 35.2 Å². The number of fused-ring (bicyclic) bond motifs is 10. The molecule has 4 heterocycles. The number of pyridine rings is 1. The second kappa shape index (κ2) is 17.9. The normalized spacial score (nSPS) is 13.8. The zero-order valence-electron chi connectivity index (χ0n) is 48.2. The van der Waals surface area contributed by atoms with E-state index in [4.69, 9.17) is 9.72 Å². The Bertz CT molecular complexity index is 4300. The van der Waals surface area contributed by atoms with Gasteiger partial charge in [-0.25, -0.2) is 4.98 Å². The molecule has 5 heteroatoms. The van der Waals surface area contributed by atoms with E-state index in [9.17, 15) is 2.74 Å². The molecule has 0 atom stereocenters. The molecule has 380 valence electrons. The molecule has 12 rings (SSSR count). The quantitative estimate of drug-likeness (QED) is 0.167. The van der Waals surface area contributed by atoms with Crippen LogP contribution in [0.25, 0.3) is 82.1 Å². The fraction of sp³-hybridized carbons (Fsp3) is 0.254. The predicted molar refractivity (Wildman–Crippen MR) is 324 cm³/mol. The summed E-state index contributed by atoms with van der Waals surface area (Å²) >= 11 is 0. The molecule has 0 amide bonds. The Labute approximate surface area is 451 Å². The Morgan fingerprint density at radius 2 is 1.08 bits per heavy atom. The molecular weight excluding hydrogens is 925 g/mol. The average molecular weight is 997 g/mol. The van der Waals surface area contributed by atoms with Gasteiger partial charge < -0.3 is 14.2 Å². The molecule has 0 saturated heterocycles. The molecule has 1 aliphatic heterocycles. The molecule has 0 aliphatic carbocycles. The van der Waals surface area contributed by atoms with Gasteiger partial charge in [-0.1, -0.05) is 192 Å². The summed E-state index contributed by atoms with van der Waals surface area (Å²) in [6, 6.07) is 63.8. The minimum atomic E-state index is -1.61. The van der Waals surface area contributed by atoms with Crippen LogP contribution in [-0.4, -0.2) is 14.1 Å². The van der Waals surface area contributed by atoms with E-state index in [0.29, 0.717) is 12.2 Å². The van der Waals surface area contributed by atoms with Crippen LogP contribution >= 0.6 is 0 Å². The van der Waals surface area contributed by atoms with Gasteiger partial charge in [0.15, 0.2) is 0 Å². The third-order valence-electron chi connectivity index (χ3n) is 15.3. The van der Waals surface area contributed by atoms with Gasteiger partial charge in [-0.3, -0.25) is 4.57 Å². The Balaban J connectivity index is 1.08. The van der Waals surface area contributed by atoms with Crippen molar-refractivity contribution in [2.75, 3.05) is 4.90 Å². The molecule has 0 spiro atoms. The van der Waals surface area contributed by atoms with Crippen molar-refractivity contribution in [3.63, 3.8) is 0 Å². The van der Waals surface area contributed by atoms with Crippen LogP contribution in [0.5, 0.6) is 11.5 Å². The van der Waals surface area contributed by atoms with Crippen molar-refractivity contribution >= 4 is 76.5 Å². The first-order chi connectivity index (χ1) is 37.0. The van der Waals surface area contributed by atoms with Gasteiger partial charge in [-0.15, -0.1) is 0 Å². The maximum atomic E-state index is 9.66. The zero-order valence-corrected chi connectivity index (χ0v) is 46.2. The highest BCUT2D eigenvalue weighted by Gasteiger charge is 2.28. The second-order valence-electron chi connectivity index (χ2n) is 25.1. The predicted octanol–water partition coefficient (Wildman–Crippen LogP) is 19.8. The summed E-state index contributed by atoms with van der Waals surface area (Å²) in [5.41, 5.74) is 11.7. The first-order valence-corrected chi connectivity index (χ1v) is 27.0. The fourth-order valence-electron chi connectivity index (χ4n) is 11.5. The van der Waals surface area contributed by atoms with E-state index >= 15 is 0 Å². The van der Waals surface area contributed by atoms with Crippen molar-refractivity contribution in [1.29, 1.82) is 0 Å². The third-order valence-corrected chi connectivity index (χ3v) is 15.3. The summed E-state index contributed by atoms with van der Waals surface area (Å²) in [5, 5.41) is 9.27. The minimum absolute atomic E-state index is 0.0370. The van der Waals surface area contributed by atoms with E-state index in [1.54, 1.807) is 0 Å². The minimum Gasteiger partial charge on any atom is -0.457 e. The Hall–Kier alpha value is -7.89. The van der Waals surface area contributed by atoms with Crippen LogP contribution in [0, 0.1) is 5.41 Å². The van der Waals surface area contributed by atoms with Gasteiger partial charge in [0.05, 0.1) is 27.8 Å². The van der Waals surface area contributed by atoms with E-state index in [1.807, 2.05) is 33.0 Å². The molecule has 0 unspecified atom stereocenters. The van der Waals surface area contributed by atoms with Gasteiger partial charge >= 0.3 is 0 Å². The summed E-state index contributed by atoms with van der Waals surface area (Å²) in [7, 11) is 0. The molecular formula is C71H70N4O. The number of ether oxygens (including phenoxy) is 1. The number of para-hydroxylation sites is 3. The molecule has 1 aliphatic rings. The van der Waals surface area contributed by atoms with E-state index in [0.717, 1.165) is 89.0 Å². The highest BCUT2D eigenvalue weighted by Crippen LogP contribution is 2.46. The monoisotopic (exact) mass is 997 g/mol. The van der Waals surface area contributed by atoms with Gasteiger partial charge in [0.2, 0.25) is 0 Å². The first-order valence-electron chi connectivity index (χ1n) is 28.0. The Kier molecular flexibility index (Phi) is 11.0. The lowest BCUT2D eigenvalue weighted by Crippen LogP contribution is -2.15. The van der Waals surface area contributed by atoms with Crippen molar-refractivity contribution in [2.45, 2.75) is 112 Å². The molecule has 0 fully saturated rings. The van der Waals surface area contributed by atoms with Crippen molar-refractivity contribution < 1.29 is 7.48 Å². The maximum Gasteiger partial charge on any atom is 0.137 e. The SMILES string of the molecule is [2H]C([2H])(c1cc(-c2cccc3c4ccc(C(C)(C)C)cc4c4ccccc4c4cccc5c4n(c23)CN5c2cccc(Oc3ccc4c5ccccc5n(-c5cc(C(C)(C)C)ccn5)c4c3)c2)cc(C(C)(C)C)c1)C(C)(C)C. The highest BCUT2D eigenvalue weighted by molar-refractivity contribution is 6.22. The molecule has 0 bridgehead atoms. The Morgan fingerprint density at radius 3 is 1.82 bits per heavy atom. The summed E-state index contributed by atoms with van der Waals surface area (Å²) in [4.78, 5) is 7.35. The zero-order chi connectivity index (χ0) is 54.8. The second-order valence-corrected chi connectivity index (χ2v) is 25.1. The number of nitrogens with zero attached hydrogens (tertiary/aromatic N) is 4. The summed E-state index contributed by atoms with van der Waals surface area (Å²) in [6.07, 6.45) is 0.308. The number of anilines is 2. The molecule has 5 nitrogen and oxygen atoms in total. The lowest BCUT2D eigenvalue weighted by atomic mass is 9.81. The van der Waals surface area contributed by atoms with Gasteiger partial charge in [-0.05, 0) is 132 Å². The van der Waals surface area contributed by atoms with Crippen molar-refractivity contribution in [2.24, 2.45) is 5.41 Å². The fourth-order valence-corrected chi connectivity index (χ4v) is 11.5. The van der Waals surface area contributed by atoms with Crippen LogP contribution in [0.15, 0.2) is 182 Å². The van der Waals surface area contributed by atoms with Crippen LogP contribution in [0.3, 0.4) is 0 Å². The van der Waals surface area contributed by atoms with Crippen LogP contribution < -0.4 is 9.64 Å². The number of benzene rings is 8.